The first kappa shape index (κ1) is 50.4. The lowest BCUT2D eigenvalue weighted by molar-refractivity contribution is -0.143. The minimum Gasteiger partial charge on any atom is -0.481 e. The molecule has 0 aliphatic carbocycles. The predicted molar refractivity (Wildman–Crippen MR) is 209 cm³/mol. The van der Waals surface area contributed by atoms with Gasteiger partial charge in [0.05, 0.1) is 19.0 Å². The Morgan fingerprint density at radius 2 is 1.14 bits per heavy atom. The standard InChI is InChI=1S/C38H60N8O12/c1-21(2)16-24(40)33(52)43-26(13-14-31(48)49)36(55)45-28(19-32(50)51)34(53)41-20-30(47)42-25(12-8-9-15-39)35(54)44-27(18-23-10-6-5-7-11-23)37(56)46-29(38(57)58)17-22(3)4/h5-7,10-11,21-22,24-29H,8-9,12-20,39-40H2,1-4H3,(H,41,53)(H,42,47)(H,43,52)(H,44,54)(H,45,55)(H,46,56)(H,48,49)(H,50,51)(H,57,58)/t24-,25-,26-,27-,28-,29-/m0/s1. The van der Waals surface area contributed by atoms with Gasteiger partial charge in [-0.3, -0.25) is 38.4 Å². The van der Waals surface area contributed by atoms with E-state index in [-0.39, 0.29) is 44.1 Å². The number of hydrogen-bond acceptors (Lipinski definition) is 11. The highest BCUT2D eigenvalue weighted by atomic mass is 16.4. The summed E-state index contributed by atoms with van der Waals surface area (Å²) in [6, 6.07) is 0.567. The van der Waals surface area contributed by atoms with Crippen LogP contribution in [0.25, 0.3) is 0 Å². The van der Waals surface area contributed by atoms with Crippen molar-refractivity contribution in [3.63, 3.8) is 0 Å². The second-order valence-electron chi connectivity index (χ2n) is 14.8. The van der Waals surface area contributed by atoms with Gasteiger partial charge in [0.15, 0.2) is 0 Å². The van der Waals surface area contributed by atoms with Gasteiger partial charge in [-0.05, 0) is 62.5 Å². The molecular weight excluding hydrogens is 760 g/mol. The minimum absolute atomic E-state index is 0.0135. The van der Waals surface area contributed by atoms with Gasteiger partial charge in [-0.15, -0.1) is 0 Å². The Kier molecular flexibility index (Phi) is 22.9. The fraction of sp³-hybridized carbons (Fsp3) is 0.605. The zero-order valence-corrected chi connectivity index (χ0v) is 33.5. The van der Waals surface area contributed by atoms with E-state index < -0.39 is 115 Å². The molecule has 0 bridgehead atoms. The fourth-order valence-electron chi connectivity index (χ4n) is 5.68. The Balaban J connectivity index is 3.17. The van der Waals surface area contributed by atoms with Gasteiger partial charge in [0, 0.05) is 12.8 Å². The maximum absolute atomic E-state index is 13.7. The maximum atomic E-state index is 13.7. The van der Waals surface area contributed by atoms with Crippen molar-refractivity contribution in [2.75, 3.05) is 13.1 Å². The van der Waals surface area contributed by atoms with E-state index in [1.54, 1.807) is 44.2 Å². The van der Waals surface area contributed by atoms with Gasteiger partial charge < -0.3 is 58.7 Å². The van der Waals surface area contributed by atoms with Crippen LogP contribution in [0.15, 0.2) is 30.3 Å². The van der Waals surface area contributed by atoms with Crippen LogP contribution in [0.5, 0.6) is 0 Å². The molecule has 20 heteroatoms. The van der Waals surface area contributed by atoms with E-state index in [4.69, 9.17) is 16.6 Å². The number of nitrogens with one attached hydrogen (secondary N) is 6. The van der Waals surface area contributed by atoms with Crippen LogP contribution in [-0.4, -0.2) is 118 Å². The summed E-state index contributed by atoms with van der Waals surface area (Å²) < 4.78 is 0. The van der Waals surface area contributed by atoms with Crippen LogP contribution in [0.2, 0.25) is 0 Å². The monoisotopic (exact) mass is 820 g/mol. The molecule has 6 amide bonds. The molecule has 0 saturated carbocycles. The van der Waals surface area contributed by atoms with Crippen LogP contribution in [0.1, 0.15) is 84.6 Å². The summed E-state index contributed by atoms with van der Waals surface area (Å²) in [5.74, 6) is -9.53. The summed E-state index contributed by atoms with van der Waals surface area (Å²) in [5, 5.41) is 42.7. The van der Waals surface area contributed by atoms with E-state index in [1.807, 2.05) is 13.8 Å². The maximum Gasteiger partial charge on any atom is 0.326 e. The lowest BCUT2D eigenvalue weighted by atomic mass is 10.0. The zero-order chi connectivity index (χ0) is 43.9. The van der Waals surface area contributed by atoms with Crippen molar-refractivity contribution in [3.05, 3.63) is 35.9 Å². The van der Waals surface area contributed by atoms with Crippen molar-refractivity contribution in [2.24, 2.45) is 23.3 Å². The normalized spacial score (nSPS) is 14.1. The molecule has 6 atom stereocenters. The number of carbonyl (C=O) groups excluding carboxylic acids is 6. The smallest absolute Gasteiger partial charge is 0.326 e. The Hall–Kier alpha value is -5.63. The van der Waals surface area contributed by atoms with Gasteiger partial charge >= 0.3 is 17.9 Å². The Bertz CT molecular complexity index is 1560. The van der Waals surface area contributed by atoms with E-state index >= 15 is 0 Å². The first-order valence-corrected chi connectivity index (χ1v) is 19.2. The van der Waals surface area contributed by atoms with E-state index in [1.165, 1.54) is 0 Å². The van der Waals surface area contributed by atoms with Crippen LogP contribution >= 0.6 is 0 Å². The molecule has 0 aliphatic heterocycles. The van der Waals surface area contributed by atoms with Gasteiger partial charge in [-0.25, -0.2) is 4.79 Å². The molecule has 1 aromatic carbocycles. The first-order chi connectivity index (χ1) is 27.2. The number of hydrogen-bond donors (Lipinski definition) is 11. The summed E-state index contributed by atoms with van der Waals surface area (Å²) in [7, 11) is 0. The van der Waals surface area contributed by atoms with Crippen LogP contribution < -0.4 is 43.4 Å². The molecule has 0 heterocycles. The van der Waals surface area contributed by atoms with Gasteiger partial charge in [0.25, 0.3) is 0 Å². The van der Waals surface area contributed by atoms with Gasteiger partial charge in [-0.2, -0.15) is 0 Å². The highest BCUT2D eigenvalue weighted by molar-refractivity contribution is 5.97. The van der Waals surface area contributed by atoms with Crippen molar-refractivity contribution in [1.29, 1.82) is 0 Å². The van der Waals surface area contributed by atoms with E-state index in [9.17, 15) is 53.4 Å². The van der Waals surface area contributed by atoms with Crippen molar-refractivity contribution >= 4 is 53.4 Å². The molecule has 58 heavy (non-hydrogen) atoms. The Morgan fingerprint density at radius 1 is 0.603 bits per heavy atom. The summed E-state index contributed by atoms with van der Waals surface area (Å²) in [5.41, 5.74) is 12.2. The van der Waals surface area contributed by atoms with E-state index in [0.717, 1.165) is 0 Å². The van der Waals surface area contributed by atoms with Crippen LogP contribution in [0, 0.1) is 11.8 Å². The van der Waals surface area contributed by atoms with Crippen molar-refractivity contribution < 1.29 is 58.5 Å². The molecule has 0 fully saturated rings. The summed E-state index contributed by atoms with van der Waals surface area (Å²) in [6.45, 7) is 6.68. The van der Waals surface area contributed by atoms with Crippen molar-refractivity contribution in [2.45, 2.75) is 122 Å². The summed E-state index contributed by atoms with van der Waals surface area (Å²) in [4.78, 5) is 114. The molecule has 1 rings (SSSR count). The van der Waals surface area contributed by atoms with Crippen LogP contribution in [0.4, 0.5) is 0 Å². The fourth-order valence-corrected chi connectivity index (χ4v) is 5.68. The van der Waals surface area contributed by atoms with Gasteiger partial charge in [0.2, 0.25) is 35.4 Å². The number of benzene rings is 1. The average Bonchev–Trinajstić information content (AvgIpc) is 3.13. The first-order valence-electron chi connectivity index (χ1n) is 19.2. The highest BCUT2D eigenvalue weighted by Crippen LogP contribution is 2.10. The molecule has 0 aliphatic rings. The Morgan fingerprint density at radius 3 is 1.67 bits per heavy atom. The molecule has 1 aromatic rings. The number of carbonyl (C=O) groups is 9. The molecule has 13 N–H and O–H groups in total. The molecule has 0 radical (unpaired) electrons. The number of amides is 6. The average molecular weight is 821 g/mol. The summed E-state index contributed by atoms with van der Waals surface area (Å²) in [6.07, 6.45) is -0.700. The number of unbranched alkanes of at least 4 members (excludes halogenated alkanes) is 1. The quantitative estimate of drug-likeness (QED) is 0.0440. The largest absolute Gasteiger partial charge is 0.481 e. The molecule has 0 spiro atoms. The topological polar surface area (TPSA) is 339 Å². The number of aliphatic carboxylic acids is 3. The number of carboxylic acids is 3. The molecule has 0 aromatic heterocycles. The molecule has 0 unspecified atom stereocenters. The molecular formula is C38H60N8O12. The molecule has 20 nitrogen and oxygen atoms in total. The third-order valence-electron chi connectivity index (χ3n) is 8.61. The number of rotatable bonds is 28. The Labute approximate surface area is 337 Å². The minimum atomic E-state index is -1.78. The number of carboxylic acid groups (broad SMARTS) is 3. The van der Waals surface area contributed by atoms with Crippen LogP contribution in [0.3, 0.4) is 0 Å². The second-order valence-corrected chi connectivity index (χ2v) is 14.8. The van der Waals surface area contributed by atoms with Crippen molar-refractivity contribution in [1.82, 2.24) is 31.9 Å². The van der Waals surface area contributed by atoms with E-state index in [0.29, 0.717) is 18.4 Å². The van der Waals surface area contributed by atoms with Gasteiger partial charge in [-0.1, -0.05) is 58.0 Å². The lowest BCUT2D eigenvalue weighted by Gasteiger charge is -2.25. The predicted octanol–water partition coefficient (Wildman–Crippen LogP) is -1.26. The molecule has 0 saturated heterocycles. The molecule has 324 valence electrons. The highest BCUT2D eigenvalue weighted by Gasteiger charge is 2.32. The SMILES string of the molecule is CC(C)C[C@H](NC(=O)[C@H](Cc1ccccc1)NC(=O)[C@H](CCCCN)NC(=O)CNC(=O)[C@H](CC(=O)O)NC(=O)[C@H](CCC(=O)O)NC(=O)[C@@H](N)CC(C)C)C(=O)O. The third kappa shape index (κ3) is 20.5. The number of nitrogens with two attached hydrogens (primary N) is 2. The third-order valence-corrected chi connectivity index (χ3v) is 8.61. The zero-order valence-electron chi connectivity index (χ0n) is 33.5. The van der Waals surface area contributed by atoms with E-state index in [2.05, 4.69) is 31.9 Å². The van der Waals surface area contributed by atoms with Crippen molar-refractivity contribution in [3.8, 4) is 0 Å². The lowest BCUT2D eigenvalue weighted by Crippen LogP contribution is -2.58. The summed E-state index contributed by atoms with van der Waals surface area (Å²) >= 11 is 0. The van der Waals surface area contributed by atoms with Gasteiger partial charge in [0.1, 0.15) is 30.2 Å². The van der Waals surface area contributed by atoms with Crippen LogP contribution in [-0.2, 0) is 49.6 Å². The second kappa shape index (κ2) is 26.3.